The number of hydrogen-bond donors (Lipinski definition) is 2. The van der Waals surface area contributed by atoms with Gasteiger partial charge in [-0.25, -0.2) is 18.4 Å². The van der Waals surface area contributed by atoms with E-state index in [1.807, 2.05) is 0 Å². The van der Waals surface area contributed by atoms with Crippen molar-refractivity contribution in [2.45, 2.75) is 26.2 Å². The van der Waals surface area contributed by atoms with Gasteiger partial charge in [0.2, 0.25) is 0 Å². The molecule has 7 heteroatoms. The Labute approximate surface area is 94.1 Å². The summed E-state index contributed by atoms with van der Waals surface area (Å²) in [6.45, 7) is 1.95. The maximum absolute atomic E-state index is 11.2. The summed E-state index contributed by atoms with van der Waals surface area (Å²) in [5.41, 5.74) is 0. The molecule has 4 nitrogen and oxygen atoms in total. The average Bonchev–Trinajstić information content (AvgIpc) is 1.88. The first-order chi connectivity index (χ1) is 5.29. The van der Waals surface area contributed by atoms with E-state index in [0.29, 0.717) is 0 Å². The molecule has 2 N–H and O–H groups in total. The van der Waals surface area contributed by atoms with Crippen LogP contribution in [0.15, 0.2) is 0 Å². The minimum absolute atomic E-state index is 0. The van der Waals surface area contributed by atoms with Crippen molar-refractivity contribution in [1.82, 2.24) is 0 Å². The summed E-state index contributed by atoms with van der Waals surface area (Å²) in [5.74, 6) is -2.81. The largest absolute Gasteiger partial charge is 0.479 e. The van der Waals surface area contributed by atoms with Gasteiger partial charge in [0.15, 0.2) is 12.3 Å². The zero-order valence-corrected chi connectivity index (χ0v) is 11.4. The Bertz CT molecular complexity index is 143. The first kappa shape index (κ1) is 18.5. The van der Waals surface area contributed by atoms with Crippen LogP contribution in [0.2, 0.25) is 0 Å². The third-order valence-electron chi connectivity index (χ3n) is 0.681. The molecule has 0 aromatic heterocycles. The molecule has 0 fully saturated rings. The molecule has 0 aromatic carbocycles. The van der Waals surface area contributed by atoms with Crippen molar-refractivity contribution < 1.29 is 55.9 Å². The van der Waals surface area contributed by atoms with Crippen LogP contribution in [0.1, 0.15) is 13.8 Å². The number of carboxylic acids is 2. The fraction of sp³-hybridized carbons (Fsp3) is 0.667. The van der Waals surface area contributed by atoms with Crippen LogP contribution in [0.5, 0.6) is 0 Å². The molecule has 0 saturated carbocycles. The minimum atomic E-state index is -1.73. The van der Waals surface area contributed by atoms with E-state index in [1.54, 1.807) is 0 Å². The Morgan fingerprint density at radius 1 is 1.00 bits per heavy atom. The van der Waals surface area contributed by atoms with Crippen molar-refractivity contribution in [3.63, 3.8) is 0 Å². The second kappa shape index (κ2) is 9.81. The number of carbonyl (C=O) groups is 2. The molecule has 0 aromatic rings. The Balaban J connectivity index is -0.000000143. The molecule has 0 rings (SSSR count). The van der Waals surface area contributed by atoms with Crippen molar-refractivity contribution in [3.8, 4) is 0 Å². The number of aliphatic carboxylic acids is 2. The van der Waals surface area contributed by atoms with Gasteiger partial charge in [0.05, 0.1) is 0 Å². The van der Waals surface area contributed by atoms with Crippen LogP contribution in [-0.2, 0) is 36.9 Å². The van der Waals surface area contributed by atoms with Gasteiger partial charge in [-0.3, -0.25) is 0 Å². The van der Waals surface area contributed by atoms with Crippen molar-refractivity contribution in [2.24, 2.45) is 0 Å². The molecule has 0 radical (unpaired) electrons. The van der Waals surface area contributed by atoms with Crippen molar-refractivity contribution in [2.75, 3.05) is 0 Å². The normalized spacial score (nSPS) is 12.6. The first-order valence-corrected chi connectivity index (χ1v) is 3.02. The van der Waals surface area contributed by atoms with Gasteiger partial charge in [0, 0.05) is 27.3 Å². The van der Waals surface area contributed by atoms with Gasteiger partial charge in [-0.2, -0.15) is 0 Å². The summed E-state index contributed by atoms with van der Waals surface area (Å²) in [5, 5.41) is 15.2. The van der Waals surface area contributed by atoms with E-state index in [4.69, 9.17) is 10.2 Å². The molecular weight excluding hydrogens is 286 g/mol. The topological polar surface area (TPSA) is 74.6 Å². The molecular formula is C6H10CdF2O4. The number of alkyl halides is 2. The van der Waals surface area contributed by atoms with Gasteiger partial charge in [0.1, 0.15) is 0 Å². The van der Waals surface area contributed by atoms with Gasteiger partial charge < -0.3 is 10.2 Å². The third-order valence-corrected chi connectivity index (χ3v) is 0.681. The van der Waals surface area contributed by atoms with E-state index in [1.165, 1.54) is 0 Å². The molecule has 0 heterocycles. The van der Waals surface area contributed by atoms with E-state index >= 15 is 0 Å². The monoisotopic (exact) mass is 298 g/mol. The summed E-state index contributed by atoms with van der Waals surface area (Å²) in [7, 11) is 0. The first-order valence-electron chi connectivity index (χ1n) is 3.02. The van der Waals surface area contributed by atoms with Crippen molar-refractivity contribution >= 4 is 11.9 Å². The standard InChI is InChI=1S/2C3H5FO2.Cd/c2*1-2(4)3(5)6;/h2*2H,1H3,(H,5,6);. The number of halogens is 2. The van der Waals surface area contributed by atoms with E-state index in [9.17, 15) is 18.4 Å². The maximum Gasteiger partial charge on any atom is 0.337 e. The molecule has 0 amide bonds. The van der Waals surface area contributed by atoms with Crippen LogP contribution in [0, 0.1) is 0 Å². The molecule has 0 bridgehead atoms. The van der Waals surface area contributed by atoms with Crippen molar-refractivity contribution in [3.05, 3.63) is 0 Å². The number of rotatable bonds is 2. The molecule has 0 spiro atoms. The van der Waals surface area contributed by atoms with Gasteiger partial charge in [0.25, 0.3) is 0 Å². The smallest absolute Gasteiger partial charge is 0.337 e. The fourth-order valence-corrected chi connectivity index (χ4v) is 0. The molecule has 13 heavy (non-hydrogen) atoms. The van der Waals surface area contributed by atoms with E-state index in [0.717, 1.165) is 13.8 Å². The molecule has 74 valence electrons. The van der Waals surface area contributed by atoms with Crippen LogP contribution in [0.3, 0.4) is 0 Å². The summed E-state index contributed by atoms with van der Waals surface area (Å²) in [6.07, 6.45) is -3.46. The summed E-state index contributed by atoms with van der Waals surface area (Å²) in [6, 6.07) is 0. The second-order valence-corrected chi connectivity index (χ2v) is 1.91. The predicted octanol–water partition coefficient (Wildman–Crippen LogP) is 0.856. The molecule has 2 unspecified atom stereocenters. The van der Waals surface area contributed by atoms with Crippen LogP contribution in [0.25, 0.3) is 0 Å². The average molecular weight is 297 g/mol. The van der Waals surface area contributed by atoms with Gasteiger partial charge in [-0.15, -0.1) is 0 Å². The Kier molecular flexibility index (Phi) is 14.0. The zero-order valence-electron chi connectivity index (χ0n) is 7.33. The van der Waals surface area contributed by atoms with Crippen molar-refractivity contribution in [1.29, 1.82) is 0 Å². The summed E-state index contributed by atoms with van der Waals surface area (Å²) < 4.78 is 22.4. The third kappa shape index (κ3) is 18.6. The van der Waals surface area contributed by atoms with E-state index in [-0.39, 0.29) is 27.3 Å². The molecule has 0 aliphatic heterocycles. The molecule has 0 aliphatic carbocycles. The van der Waals surface area contributed by atoms with E-state index in [2.05, 4.69) is 0 Å². The summed E-state index contributed by atoms with van der Waals surface area (Å²) in [4.78, 5) is 18.6. The van der Waals surface area contributed by atoms with Crippen LogP contribution >= 0.6 is 0 Å². The fourth-order valence-electron chi connectivity index (χ4n) is 0. The second-order valence-electron chi connectivity index (χ2n) is 1.91. The SMILES string of the molecule is CC(F)C(=O)O.CC(F)C(=O)O.[Cd]. The quantitative estimate of drug-likeness (QED) is 0.741. The molecule has 0 saturated heterocycles. The Hall–Kier alpha value is -0.278. The van der Waals surface area contributed by atoms with Crippen LogP contribution in [-0.4, -0.2) is 34.5 Å². The Morgan fingerprint density at radius 2 is 1.08 bits per heavy atom. The van der Waals surface area contributed by atoms with Crippen LogP contribution in [0.4, 0.5) is 8.78 Å². The zero-order chi connectivity index (χ0) is 10.3. The van der Waals surface area contributed by atoms with Gasteiger partial charge in [-0.1, -0.05) is 0 Å². The maximum atomic E-state index is 11.2. The minimum Gasteiger partial charge on any atom is -0.479 e. The van der Waals surface area contributed by atoms with E-state index < -0.39 is 24.3 Å². The number of carboxylic acid groups (broad SMARTS) is 2. The van der Waals surface area contributed by atoms with Gasteiger partial charge in [-0.05, 0) is 13.8 Å². The number of hydrogen-bond acceptors (Lipinski definition) is 2. The predicted molar refractivity (Wildman–Crippen MR) is 36.4 cm³/mol. The Morgan fingerprint density at radius 3 is 1.08 bits per heavy atom. The summed E-state index contributed by atoms with van der Waals surface area (Å²) >= 11 is 0. The molecule has 2 atom stereocenters. The molecule has 0 aliphatic rings. The van der Waals surface area contributed by atoms with Gasteiger partial charge >= 0.3 is 11.9 Å². The van der Waals surface area contributed by atoms with Crippen LogP contribution < -0.4 is 0 Å².